The lowest BCUT2D eigenvalue weighted by Crippen LogP contribution is -2.45. The second-order valence-corrected chi connectivity index (χ2v) is 2.78. The molecule has 0 aromatic heterocycles. The molecule has 0 rings (SSSR count). The van der Waals surface area contributed by atoms with Crippen molar-refractivity contribution in [3.05, 3.63) is 0 Å². The molecule has 6 heteroatoms. The third-order valence-corrected chi connectivity index (χ3v) is 1.59. The molecule has 6 nitrogen and oxygen atoms in total. The van der Waals surface area contributed by atoms with Crippen LogP contribution < -0.4 is 0 Å². The summed E-state index contributed by atoms with van der Waals surface area (Å²) in [6, 6.07) is 0. The van der Waals surface area contributed by atoms with E-state index in [0.29, 0.717) is 0 Å². The summed E-state index contributed by atoms with van der Waals surface area (Å²) in [6.07, 6.45) is -6.60. The summed E-state index contributed by atoms with van der Waals surface area (Å²) in [5.41, 5.74) is 0. The van der Waals surface area contributed by atoms with Crippen molar-refractivity contribution < 1.29 is 30.3 Å². The third-order valence-electron chi connectivity index (χ3n) is 1.59. The summed E-state index contributed by atoms with van der Waals surface area (Å²) in [6.45, 7) is 0.375. The number of ketones is 1. The minimum Gasteiger partial charge on any atom is -0.394 e. The molecule has 0 radical (unpaired) electrons. The van der Waals surface area contributed by atoms with Crippen molar-refractivity contribution in [3.63, 3.8) is 0 Å². The molecule has 0 aromatic carbocycles. The summed E-state index contributed by atoms with van der Waals surface area (Å²) in [7, 11) is 0. The fraction of sp³-hybridized carbons (Fsp3) is 0.857. The molecule has 0 saturated heterocycles. The van der Waals surface area contributed by atoms with Crippen molar-refractivity contribution in [3.8, 4) is 0 Å². The normalized spacial score (nSPS) is 20.5. The topological polar surface area (TPSA) is 118 Å². The number of aliphatic hydroxyl groups is 5. The quantitative estimate of drug-likeness (QED) is 0.318. The summed E-state index contributed by atoms with van der Waals surface area (Å²) < 4.78 is 0. The van der Waals surface area contributed by atoms with E-state index in [4.69, 9.17) is 25.5 Å². The first-order valence-corrected chi connectivity index (χ1v) is 3.78. The largest absolute Gasteiger partial charge is 0.394 e. The van der Waals surface area contributed by atoms with Crippen LogP contribution >= 0.6 is 0 Å². The molecule has 5 N–H and O–H groups in total. The van der Waals surface area contributed by atoms with Crippen LogP contribution in [0.2, 0.25) is 0 Å². The predicted octanol–water partition coefficient (Wildman–Crippen LogP) is -2.99. The fourth-order valence-corrected chi connectivity index (χ4v) is 0.702. The molecule has 4 atom stereocenters. The molecule has 0 saturated carbocycles. The van der Waals surface area contributed by atoms with Crippen molar-refractivity contribution in [1.82, 2.24) is 0 Å². The highest BCUT2D eigenvalue weighted by molar-refractivity contribution is 5.87. The van der Waals surface area contributed by atoms with Crippen LogP contribution in [0.15, 0.2) is 0 Å². The molecular formula is C7H14O6. The van der Waals surface area contributed by atoms with E-state index in [2.05, 4.69) is 0 Å². The van der Waals surface area contributed by atoms with Crippen LogP contribution in [0.25, 0.3) is 0 Å². The number of aliphatic hydroxyl groups excluding tert-OH is 5. The molecule has 0 aromatic rings. The zero-order valence-corrected chi connectivity index (χ0v) is 7.16. The van der Waals surface area contributed by atoms with Gasteiger partial charge in [0.2, 0.25) is 0 Å². The monoisotopic (exact) mass is 194 g/mol. The molecule has 0 heterocycles. The maximum Gasteiger partial charge on any atom is 0.194 e. The van der Waals surface area contributed by atoms with Gasteiger partial charge in [-0.2, -0.15) is 0 Å². The lowest BCUT2D eigenvalue weighted by atomic mass is 10.0. The highest BCUT2D eigenvalue weighted by atomic mass is 16.4. The second kappa shape index (κ2) is 5.25. The summed E-state index contributed by atoms with van der Waals surface area (Å²) in [5.74, 6) is -1.11. The number of hydrogen-bond donors (Lipinski definition) is 5. The van der Waals surface area contributed by atoms with Crippen molar-refractivity contribution >= 4 is 5.78 Å². The Hall–Kier alpha value is -0.530. The summed E-state index contributed by atoms with van der Waals surface area (Å²) in [5, 5.41) is 43.9. The minimum atomic E-state index is -1.88. The van der Waals surface area contributed by atoms with Gasteiger partial charge in [-0.15, -0.1) is 0 Å². The van der Waals surface area contributed by atoms with Gasteiger partial charge in [-0.25, -0.2) is 0 Å². The predicted molar refractivity (Wildman–Crippen MR) is 41.8 cm³/mol. The highest BCUT2D eigenvalue weighted by Crippen LogP contribution is 2.02. The van der Waals surface area contributed by atoms with Crippen LogP contribution in [-0.2, 0) is 4.79 Å². The third kappa shape index (κ3) is 3.37. The Morgan fingerprint density at radius 3 is 1.92 bits per heavy atom. The van der Waals surface area contributed by atoms with Crippen molar-refractivity contribution in [2.45, 2.75) is 31.3 Å². The van der Waals surface area contributed by atoms with Crippen LogP contribution in [0, 0.1) is 0 Å². The van der Waals surface area contributed by atoms with Gasteiger partial charge in [0, 0.05) is 0 Å². The minimum absolute atomic E-state index is 0.792. The van der Waals surface area contributed by atoms with Gasteiger partial charge in [0.05, 0.1) is 12.7 Å². The summed E-state index contributed by atoms with van der Waals surface area (Å²) >= 11 is 0. The Labute approximate surface area is 75.1 Å². The molecule has 0 fully saturated rings. The average Bonchev–Trinajstić information content (AvgIpc) is 2.12. The molecule has 0 spiro atoms. The molecule has 0 aliphatic carbocycles. The van der Waals surface area contributed by atoms with Crippen molar-refractivity contribution in [2.75, 3.05) is 6.61 Å². The van der Waals surface area contributed by atoms with E-state index in [1.807, 2.05) is 0 Å². The molecular weight excluding hydrogens is 180 g/mol. The molecule has 0 aliphatic rings. The van der Waals surface area contributed by atoms with E-state index in [-0.39, 0.29) is 0 Å². The van der Waals surface area contributed by atoms with E-state index in [9.17, 15) is 4.79 Å². The summed E-state index contributed by atoms with van der Waals surface area (Å²) in [4.78, 5) is 11.0. The number of rotatable bonds is 5. The number of hydrogen-bond acceptors (Lipinski definition) is 6. The Morgan fingerprint density at radius 1 is 1.15 bits per heavy atom. The first-order valence-electron chi connectivity index (χ1n) is 3.78. The maximum atomic E-state index is 11.0. The van der Waals surface area contributed by atoms with Gasteiger partial charge in [-0.1, -0.05) is 0 Å². The van der Waals surface area contributed by atoms with E-state index < -0.39 is 36.8 Å². The molecule has 13 heavy (non-hydrogen) atoms. The van der Waals surface area contributed by atoms with Gasteiger partial charge in [-0.3, -0.25) is 4.79 Å². The fourth-order valence-electron chi connectivity index (χ4n) is 0.702. The number of carbonyl (C=O) groups excluding carboxylic acids is 1. The van der Waals surface area contributed by atoms with Gasteiger partial charge in [0.1, 0.15) is 18.3 Å². The van der Waals surface area contributed by atoms with Gasteiger partial charge in [-0.05, 0) is 6.92 Å². The van der Waals surface area contributed by atoms with Crippen LogP contribution in [0.4, 0.5) is 0 Å². The van der Waals surface area contributed by atoms with E-state index in [0.717, 1.165) is 0 Å². The van der Waals surface area contributed by atoms with Gasteiger partial charge >= 0.3 is 0 Å². The van der Waals surface area contributed by atoms with E-state index in [1.54, 1.807) is 0 Å². The van der Waals surface area contributed by atoms with E-state index >= 15 is 0 Å². The Kier molecular flexibility index (Phi) is 5.04. The number of carbonyl (C=O) groups is 1. The van der Waals surface area contributed by atoms with Crippen LogP contribution in [0.1, 0.15) is 6.92 Å². The lowest BCUT2D eigenvalue weighted by molar-refractivity contribution is -0.148. The van der Waals surface area contributed by atoms with Crippen molar-refractivity contribution in [2.24, 2.45) is 0 Å². The Morgan fingerprint density at radius 2 is 1.62 bits per heavy atom. The zero-order valence-electron chi connectivity index (χ0n) is 7.16. The first-order chi connectivity index (χ1) is 5.91. The van der Waals surface area contributed by atoms with Gasteiger partial charge in [0.15, 0.2) is 5.78 Å². The Balaban J connectivity index is 4.25. The molecule has 0 amide bonds. The zero-order chi connectivity index (χ0) is 10.6. The maximum absolute atomic E-state index is 11.0. The molecule has 78 valence electrons. The highest BCUT2D eigenvalue weighted by Gasteiger charge is 2.31. The molecule has 3 unspecified atom stereocenters. The van der Waals surface area contributed by atoms with Crippen LogP contribution in [-0.4, -0.2) is 62.3 Å². The smallest absolute Gasteiger partial charge is 0.194 e. The lowest BCUT2D eigenvalue weighted by Gasteiger charge is -2.19. The first kappa shape index (κ1) is 12.5. The van der Waals surface area contributed by atoms with Crippen molar-refractivity contribution in [1.29, 1.82) is 0 Å². The van der Waals surface area contributed by atoms with Crippen LogP contribution in [0.5, 0.6) is 0 Å². The van der Waals surface area contributed by atoms with Gasteiger partial charge < -0.3 is 25.5 Å². The second-order valence-electron chi connectivity index (χ2n) is 2.78. The Bertz CT molecular complexity index is 168. The average molecular weight is 194 g/mol. The molecule has 0 bridgehead atoms. The van der Waals surface area contributed by atoms with E-state index in [1.165, 1.54) is 6.92 Å². The molecule has 0 aliphatic heterocycles. The SMILES string of the molecule is CC(O)C(O)C(=O)C(O)[C@H](O)CO. The standard InChI is InChI=1S/C7H14O6/c1-3(9)5(11)7(13)6(12)4(10)2-8/h3-6,8-12H,2H2,1H3/t3?,4-,5?,6?/m1/s1. The van der Waals surface area contributed by atoms with Gasteiger partial charge in [0.25, 0.3) is 0 Å². The number of Topliss-reactive ketones (excluding diaryl/α,β-unsaturated/α-hetero) is 1. The van der Waals surface area contributed by atoms with Crippen LogP contribution in [0.3, 0.4) is 0 Å².